The second-order valence-electron chi connectivity index (χ2n) is 5.41. The lowest BCUT2D eigenvalue weighted by atomic mass is 9.47. The van der Waals surface area contributed by atoms with Crippen molar-refractivity contribution in [3.63, 3.8) is 0 Å². The van der Waals surface area contributed by atoms with E-state index in [0.717, 1.165) is 6.42 Å². The van der Waals surface area contributed by atoms with Crippen LogP contribution in [0.25, 0.3) is 0 Å². The van der Waals surface area contributed by atoms with E-state index in [1.807, 2.05) is 0 Å². The van der Waals surface area contributed by atoms with Gasteiger partial charge in [-0.1, -0.05) is 13.8 Å². The molecule has 2 nitrogen and oxygen atoms in total. The van der Waals surface area contributed by atoms with Gasteiger partial charge in [0, 0.05) is 6.08 Å². The molecule has 3 aliphatic rings. The summed E-state index contributed by atoms with van der Waals surface area (Å²) in [7, 11) is 0. The smallest absolute Gasteiger partial charge is 0.330 e. The van der Waals surface area contributed by atoms with Gasteiger partial charge < -0.3 is 4.74 Å². The molecule has 3 atom stereocenters. The first-order valence-corrected chi connectivity index (χ1v) is 5.99. The third-order valence-electron chi connectivity index (χ3n) is 4.30. The van der Waals surface area contributed by atoms with Crippen molar-refractivity contribution in [2.24, 2.45) is 17.3 Å². The number of carbonyl (C=O) groups is 1. The van der Waals surface area contributed by atoms with E-state index in [1.165, 1.54) is 6.08 Å². The van der Waals surface area contributed by atoms with Gasteiger partial charge >= 0.3 is 5.97 Å². The van der Waals surface area contributed by atoms with Gasteiger partial charge in [0.1, 0.15) is 6.17 Å². The Kier molecular flexibility index (Phi) is 2.81. The summed E-state index contributed by atoms with van der Waals surface area (Å²) >= 11 is 0. The predicted octanol–water partition coefficient (Wildman–Crippen LogP) is 2.88. The van der Waals surface area contributed by atoms with Crippen molar-refractivity contribution in [1.29, 1.82) is 0 Å². The first kappa shape index (κ1) is 11.6. The van der Waals surface area contributed by atoms with E-state index in [4.69, 9.17) is 4.74 Å². The highest BCUT2D eigenvalue weighted by Crippen LogP contribution is 2.61. The van der Waals surface area contributed by atoms with Crippen molar-refractivity contribution in [3.05, 3.63) is 11.6 Å². The topological polar surface area (TPSA) is 26.3 Å². The number of rotatable bonds is 2. The van der Waals surface area contributed by atoms with Crippen LogP contribution in [-0.2, 0) is 9.53 Å². The Morgan fingerprint density at radius 1 is 1.56 bits per heavy atom. The Morgan fingerprint density at radius 2 is 2.25 bits per heavy atom. The quantitative estimate of drug-likeness (QED) is 0.534. The number of ether oxygens (including phenoxy) is 1. The third-order valence-corrected chi connectivity index (χ3v) is 4.30. The number of hydrogen-bond donors (Lipinski definition) is 0. The van der Waals surface area contributed by atoms with Crippen LogP contribution >= 0.6 is 0 Å². The van der Waals surface area contributed by atoms with E-state index in [9.17, 15) is 9.18 Å². The molecular weight excluding hydrogens is 207 g/mol. The van der Waals surface area contributed by atoms with Crippen molar-refractivity contribution < 1.29 is 13.9 Å². The van der Waals surface area contributed by atoms with E-state index < -0.39 is 12.1 Å². The largest absolute Gasteiger partial charge is 0.463 e. The lowest BCUT2D eigenvalue weighted by Gasteiger charge is -2.58. The molecule has 0 aromatic heterocycles. The van der Waals surface area contributed by atoms with Crippen LogP contribution < -0.4 is 0 Å². The molecule has 0 radical (unpaired) electrons. The molecule has 0 heterocycles. The fourth-order valence-corrected chi connectivity index (χ4v) is 3.10. The molecule has 16 heavy (non-hydrogen) atoms. The molecule has 3 aliphatic carbocycles. The zero-order chi connectivity index (χ0) is 11.9. The molecule has 3 heteroatoms. The molecule has 0 aliphatic heterocycles. The van der Waals surface area contributed by atoms with Crippen LogP contribution in [0.3, 0.4) is 0 Å². The minimum atomic E-state index is -0.943. The van der Waals surface area contributed by atoms with Crippen LogP contribution in [0.4, 0.5) is 4.39 Å². The van der Waals surface area contributed by atoms with Crippen LogP contribution in [0.5, 0.6) is 0 Å². The zero-order valence-electron chi connectivity index (χ0n) is 10.1. The molecule has 0 spiro atoms. The zero-order valence-corrected chi connectivity index (χ0v) is 10.1. The average Bonchev–Trinajstić information content (AvgIpc) is 2.20. The maximum Gasteiger partial charge on any atom is 0.330 e. The van der Waals surface area contributed by atoms with Crippen LogP contribution in [-0.4, -0.2) is 18.7 Å². The number of halogens is 1. The minimum absolute atomic E-state index is 0.154. The standard InChI is InChI=1S/C13H19FO2/c1-4-16-12(15)7-9-10-5-8(6-11(9)14)13(10,2)3/h7-8,10-11H,4-6H2,1-3H3/t8-,10+,11-/m1/s1. The van der Waals surface area contributed by atoms with Crippen LogP contribution in [0, 0.1) is 17.3 Å². The molecule has 3 rings (SSSR count). The van der Waals surface area contributed by atoms with Gasteiger partial charge in [-0.3, -0.25) is 0 Å². The molecule has 0 saturated heterocycles. The number of hydrogen-bond acceptors (Lipinski definition) is 2. The SMILES string of the molecule is CCOC(=O)C=C1[C@H](F)C[C@H]2C[C@@H]1C2(C)C. The molecule has 3 saturated carbocycles. The summed E-state index contributed by atoms with van der Waals surface area (Å²) in [6.07, 6.45) is 2.03. The monoisotopic (exact) mass is 226 g/mol. The van der Waals surface area contributed by atoms with Gasteiger partial charge in [0.25, 0.3) is 0 Å². The van der Waals surface area contributed by atoms with Gasteiger partial charge in [-0.05, 0) is 42.6 Å². The van der Waals surface area contributed by atoms with Crippen molar-refractivity contribution in [2.75, 3.05) is 6.61 Å². The van der Waals surface area contributed by atoms with Gasteiger partial charge in [-0.15, -0.1) is 0 Å². The van der Waals surface area contributed by atoms with Gasteiger partial charge in [-0.25, -0.2) is 9.18 Å². The highest BCUT2D eigenvalue weighted by Gasteiger charge is 2.55. The summed E-state index contributed by atoms with van der Waals surface area (Å²) in [5, 5.41) is 0. The molecule has 0 aromatic rings. The van der Waals surface area contributed by atoms with E-state index in [-0.39, 0.29) is 11.3 Å². The highest BCUT2D eigenvalue weighted by molar-refractivity contribution is 5.83. The van der Waals surface area contributed by atoms with Gasteiger partial charge in [0.15, 0.2) is 0 Å². The first-order valence-electron chi connectivity index (χ1n) is 5.99. The molecule has 90 valence electrons. The van der Waals surface area contributed by atoms with E-state index in [2.05, 4.69) is 13.8 Å². The highest BCUT2D eigenvalue weighted by atomic mass is 19.1. The normalized spacial score (nSPS) is 38.0. The lowest BCUT2D eigenvalue weighted by molar-refractivity contribution is -0.137. The van der Waals surface area contributed by atoms with Crippen LogP contribution in [0.15, 0.2) is 11.6 Å². The second kappa shape index (κ2) is 3.86. The molecule has 0 aromatic carbocycles. The van der Waals surface area contributed by atoms with Crippen LogP contribution in [0.1, 0.15) is 33.6 Å². The number of esters is 1. The molecule has 3 fully saturated rings. The van der Waals surface area contributed by atoms with Crippen LogP contribution in [0.2, 0.25) is 0 Å². The molecular formula is C13H19FO2. The van der Waals surface area contributed by atoms with Crippen molar-refractivity contribution in [3.8, 4) is 0 Å². The Balaban J connectivity index is 2.16. The Hall–Kier alpha value is -0.860. The molecule has 0 unspecified atom stereocenters. The van der Waals surface area contributed by atoms with Crippen molar-refractivity contribution in [1.82, 2.24) is 0 Å². The summed E-state index contributed by atoms with van der Waals surface area (Å²) < 4.78 is 18.6. The number of fused-ring (bicyclic) bond motifs is 2. The van der Waals surface area contributed by atoms with E-state index in [1.54, 1.807) is 6.92 Å². The van der Waals surface area contributed by atoms with Gasteiger partial charge in [0.2, 0.25) is 0 Å². The number of allylic oxidation sites excluding steroid dienone is 1. The maximum absolute atomic E-state index is 13.8. The number of carbonyl (C=O) groups excluding carboxylic acids is 1. The number of alkyl halides is 1. The minimum Gasteiger partial charge on any atom is -0.463 e. The van der Waals surface area contributed by atoms with Crippen molar-refractivity contribution in [2.45, 2.75) is 39.8 Å². The van der Waals surface area contributed by atoms with Crippen molar-refractivity contribution >= 4 is 5.97 Å². The molecule has 0 amide bonds. The third kappa shape index (κ3) is 1.66. The van der Waals surface area contributed by atoms with E-state index in [0.29, 0.717) is 24.5 Å². The lowest BCUT2D eigenvalue weighted by Crippen LogP contribution is -2.52. The maximum atomic E-state index is 13.8. The summed E-state index contributed by atoms with van der Waals surface area (Å²) in [6.45, 7) is 6.43. The summed E-state index contributed by atoms with van der Waals surface area (Å²) in [4.78, 5) is 11.4. The summed E-state index contributed by atoms with van der Waals surface area (Å²) in [5.74, 6) is 0.304. The second-order valence-corrected chi connectivity index (χ2v) is 5.41. The Bertz CT molecular complexity index is 333. The van der Waals surface area contributed by atoms with Gasteiger partial charge in [-0.2, -0.15) is 0 Å². The van der Waals surface area contributed by atoms with Gasteiger partial charge in [0.05, 0.1) is 6.61 Å². The summed E-state index contributed by atoms with van der Waals surface area (Å²) in [5.41, 5.74) is 0.812. The first-order chi connectivity index (χ1) is 7.46. The predicted molar refractivity (Wildman–Crippen MR) is 59.6 cm³/mol. The fraction of sp³-hybridized carbons (Fsp3) is 0.769. The fourth-order valence-electron chi connectivity index (χ4n) is 3.10. The molecule has 0 N–H and O–H groups in total. The molecule has 2 bridgehead atoms. The van der Waals surface area contributed by atoms with E-state index >= 15 is 0 Å². The Morgan fingerprint density at radius 3 is 2.81 bits per heavy atom. The summed E-state index contributed by atoms with van der Waals surface area (Å²) in [6, 6.07) is 0. The average molecular weight is 226 g/mol. The Labute approximate surface area is 95.9 Å².